The smallest absolute Gasteiger partial charge is 0.408 e. The van der Waals surface area contributed by atoms with Crippen molar-refractivity contribution in [3.8, 4) is 0 Å². The van der Waals surface area contributed by atoms with Crippen LogP contribution in [0.5, 0.6) is 0 Å². The largest absolute Gasteiger partial charge is 0.444 e. The van der Waals surface area contributed by atoms with Crippen molar-refractivity contribution in [2.45, 2.75) is 85.0 Å². The summed E-state index contributed by atoms with van der Waals surface area (Å²) in [6.45, 7) is 13.3. The molecule has 0 aromatic heterocycles. The second kappa shape index (κ2) is 12.9. The van der Waals surface area contributed by atoms with Crippen LogP contribution in [0, 0.1) is 26.7 Å². The van der Waals surface area contributed by atoms with Crippen LogP contribution in [0.1, 0.15) is 68.8 Å². The molecule has 3 amide bonds. The van der Waals surface area contributed by atoms with Crippen LogP contribution in [-0.4, -0.2) is 52.5 Å². The van der Waals surface area contributed by atoms with E-state index in [0.717, 1.165) is 34.4 Å². The maximum Gasteiger partial charge on any atom is 0.408 e. The number of nitrogens with zero attached hydrogens (tertiary/aromatic N) is 1. The highest BCUT2D eigenvalue weighted by Gasteiger charge is 2.48. The second-order valence-electron chi connectivity index (χ2n) is 11.5. The van der Waals surface area contributed by atoms with Crippen molar-refractivity contribution in [2.24, 2.45) is 5.92 Å². The summed E-state index contributed by atoms with van der Waals surface area (Å²) in [7, 11) is 0. The summed E-state index contributed by atoms with van der Waals surface area (Å²) >= 11 is 1.60. The molecule has 0 saturated heterocycles. The molecular formula is C31H43N3O4S. The van der Waals surface area contributed by atoms with Gasteiger partial charge in [0.2, 0.25) is 5.91 Å². The predicted octanol–water partition coefficient (Wildman–Crippen LogP) is 6.18. The molecule has 0 aliphatic heterocycles. The van der Waals surface area contributed by atoms with Crippen LogP contribution >= 0.6 is 11.8 Å². The summed E-state index contributed by atoms with van der Waals surface area (Å²) in [5.74, 6) is 0.379. The molecule has 212 valence electrons. The summed E-state index contributed by atoms with van der Waals surface area (Å²) in [5, 5.41) is 5.96. The van der Waals surface area contributed by atoms with Gasteiger partial charge in [0, 0.05) is 11.7 Å². The van der Waals surface area contributed by atoms with Crippen molar-refractivity contribution < 1.29 is 19.1 Å². The molecule has 2 aromatic carbocycles. The summed E-state index contributed by atoms with van der Waals surface area (Å²) in [6.07, 6.45) is 2.55. The Morgan fingerprint density at radius 3 is 2.15 bits per heavy atom. The van der Waals surface area contributed by atoms with E-state index >= 15 is 0 Å². The van der Waals surface area contributed by atoms with Crippen LogP contribution in [0.4, 0.5) is 10.5 Å². The van der Waals surface area contributed by atoms with Gasteiger partial charge < -0.3 is 20.3 Å². The number of carbonyl (C=O) groups is 3. The number of hydrogen-bond acceptors (Lipinski definition) is 5. The Bertz CT molecular complexity index is 1170. The minimum atomic E-state index is -0.857. The van der Waals surface area contributed by atoms with Crippen LogP contribution in [0.2, 0.25) is 0 Å². The molecule has 0 radical (unpaired) electrons. The van der Waals surface area contributed by atoms with Crippen LogP contribution in [0.25, 0.3) is 0 Å². The van der Waals surface area contributed by atoms with E-state index in [1.807, 2.05) is 69.5 Å². The number of benzene rings is 2. The molecule has 8 heteroatoms. The van der Waals surface area contributed by atoms with E-state index in [1.165, 1.54) is 0 Å². The lowest BCUT2D eigenvalue weighted by atomic mass is 9.97. The Morgan fingerprint density at radius 2 is 1.62 bits per heavy atom. The van der Waals surface area contributed by atoms with Crippen LogP contribution in [-0.2, 0) is 14.3 Å². The Morgan fingerprint density at radius 1 is 1.03 bits per heavy atom. The zero-order chi connectivity index (χ0) is 28.9. The van der Waals surface area contributed by atoms with E-state index in [1.54, 1.807) is 37.4 Å². The molecule has 4 atom stereocenters. The van der Waals surface area contributed by atoms with E-state index in [-0.39, 0.29) is 23.8 Å². The van der Waals surface area contributed by atoms with Crippen molar-refractivity contribution in [3.63, 3.8) is 0 Å². The van der Waals surface area contributed by atoms with Gasteiger partial charge in [-0.15, -0.1) is 0 Å². The molecule has 0 spiro atoms. The molecule has 2 aromatic rings. The third kappa shape index (κ3) is 8.01. The summed E-state index contributed by atoms with van der Waals surface area (Å²) in [5.41, 5.74) is 3.66. The molecule has 1 fully saturated rings. The van der Waals surface area contributed by atoms with Gasteiger partial charge in [0.25, 0.3) is 5.91 Å². The Balaban J connectivity index is 2.05. The zero-order valence-electron chi connectivity index (χ0n) is 24.5. The Labute approximate surface area is 237 Å². The molecule has 39 heavy (non-hydrogen) atoms. The number of thioether (sulfide) groups is 1. The average Bonchev–Trinajstić information content (AvgIpc) is 3.57. The van der Waals surface area contributed by atoms with E-state index < -0.39 is 23.8 Å². The van der Waals surface area contributed by atoms with Crippen LogP contribution < -0.4 is 10.6 Å². The van der Waals surface area contributed by atoms with Gasteiger partial charge >= 0.3 is 6.09 Å². The number of carbonyl (C=O) groups excluding carboxylic acids is 3. The molecular weight excluding hydrogens is 510 g/mol. The van der Waals surface area contributed by atoms with Crippen molar-refractivity contribution in [1.82, 2.24) is 10.2 Å². The quantitative estimate of drug-likeness (QED) is 0.367. The highest BCUT2D eigenvalue weighted by atomic mass is 32.2. The number of amides is 3. The molecule has 0 heterocycles. The van der Waals surface area contributed by atoms with E-state index in [0.29, 0.717) is 12.2 Å². The molecule has 0 bridgehead atoms. The first-order chi connectivity index (χ1) is 18.3. The second-order valence-corrected chi connectivity index (χ2v) is 12.5. The normalized spacial score (nSPS) is 18.1. The van der Waals surface area contributed by atoms with E-state index in [9.17, 15) is 14.4 Å². The highest BCUT2D eigenvalue weighted by molar-refractivity contribution is 7.98. The minimum absolute atomic E-state index is 0.108. The Hall–Kier alpha value is -3.00. The van der Waals surface area contributed by atoms with Gasteiger partial charge in [-0.3, -0.25) is 9.59 Å². The topological polar surface area (TPSA) is 87.7 Å². The molecule has 1 aliphatic carbocycles. The number of ether oxygens (including phenoxy) is 1. The van der Waals surface area contributed by atoms with Gasteiger partial charge in [0.1, 0.15) is 17.7 Å². The predicted molar refractivity (Wildman–Crippen MR) is 159 cm³/mol. The van der Waals surface area contributed by atoms with Crippen LogP contribution in [0.3, 0.4) is 0 Å². The summed E-state index contributed by atoms with van der Waals surface area (Å²) < 4.78 is 5.49. The van der Waals surface area contributed by atoms with Gasteiger partial charge in [-0.05, 0) is 94.6 Å². The molecule has 1 aliphatic rings. The number of nitrogens with one attached hydrogen (secondary N) is 2. The Kier molecular flexibility index (Phi) is 10.1. The van der Waals surface area contributed by atoms with Crippen molar-refractivity contribution in [3.05, 3.63) is 64.7 Å². The fourth-order valence-electron chi connectivity index (χ4n) is 4.81. The third-order valence-electron chi connectivity index (χ3n) is 7.02. The minimum Gasteiger partial charge on any atom is -0.444 e. The number of para-hydroxylation sites is 1. The fourth-order valence-corrected chi connectivity index (χ4v) is 5.28. The van der Waals surface area contributed by atoms with Crippen molar-refractivity contribution in [1.29, 1.82) is 0 Å². The average molecular weight is 554 g/mol. The molecule has 7 nitrogen and oxygen atoms in total. The fraction of sp³-hybridized carbons (Fsp3) is 0.516. The first-order valence-corrected chi connectivity index (χ1v) is 15.0. The summed E-state index contributed by atoms with van der Waals surface area (Å²) in [6, 6.07) is 11.8. The molecule has 2 N–H and O–H groups in total. The first-order valence-electron chi connectivity index (χ1n) is 13.6. The number of anilines is 1. The summed E-state index contributed by atoms with van der Waals surface area (Å²) in [4.78, 5) is 43.0. The lowest BCUT2D eigenvalue weighted by Gasteiger charge is -2.36. The van der Waals surface area contributed by atoms with Crippen molar-refractivity contribution >= 4 is 35.4 Å². The first kappa shape index (κ1) is 30.5. The van der Waals surface area contributed by atoms with Gasteiger partial charge in [0.05, 0.1) is 0 Å². The van der Waals surface area contributed by atoms with Gasteiger partial charge in [-0.25, -0.2) is 4.79 Å². The van der Waals surface area contributed by atoms with Gasteiger partial charge in [-0.1, -0.05) is 49.4 Å². The number of hydrogen-bond donors (Lipinski definition) is 2. The molecule has 1 saturated carbocycles. The number of rotatable bonds is 10. The van der Waals surface area contributed by atoms with E-state index in [4.69, 9.17) is 4.74 Å². The third-order valence-corrected chi connectivity index (χ3v) is 7.66. The number of aryl methyl sites for hydroxylation is 3. The van der Waals surface area contributed by atoms with E-state index in [2.05, 4.69) is 17.6 Å². The van der Waals surface area contributed by atoms with Gasteiger partial charge in [0.15, 0.2) is 0 Å². The lowest BCUT2D eigenvalue weighted by Crippen LogP contribution is -2.53. The van der Waals surface area contributed by atoms with Crippen LogP contribution in [0.15, 0.2) is 42.5 Å². The highest BCUT2D eigenvalue weighted by Crippen LogP contribution is 2.42. The maximum atomic E-state index is 14.4. The van der Waals surface area contributed by atoms with Gasteiger partial charge in [-0.2, -0.15) is 11.8 Å². The van der Waals surface area contributed by atoms with Crippen molar-refractivity contribution in [2.75, 3.05) is 17.3 Å². The SMILES string of the molecule is CSCCC(NC(=O)OC(C)(C)C)C(=O)N(C(C(=O)Nc1c(C)cccc1C)c1ccccc1C)C1CC1C. The molecule has 4 unspecified atom stereocenters. The zero-order valence-corrected chi connectivity index (χ0v) is 25.3. The lowest BCUT2D eigenvalue weighted by molar-refractivity contribution is -0.141. The molecule has 3 rings (SSSR count). The maximum absolute atomic E-state index is 14.4. The standard InChI is InChI=1S/C31H43N3O4S/c1-19-12-9-10-15-23(19)27(28(35)33-26-20(2)13-11-14-21(26)3)34(25-18-22(25)4)29(36)24(16-17-39-8)32-30(37)38-31(5,6)7/h9-15,22,24-25,27H,16-18H2,1-8H3,(H,32,37)(H,33,35). The number of alkyl carbamates (subject to hydrolysis) is 1. The monoisotopic (exact) mass is 553 g/mol.